The van der Waals surface area contributed by atoms with E-state index in [1.807, 2.05) is 18.2 Å². The maximum Gasteiger partial charge on any atom is 0.261 e. The van der Waals surface area contributed by atoms with Crippen molar-refractivity contribution in [1.29, 1.82) is 0 Å². The average Bonchev–Trinajstić information content (AvgIpc) is 2.67. The van der Waals surface area contributed by atoms with Gasteiger partial charge in [-0.05, 0) is 31.0 Å². The van der Waals surface area contributed by atoms with Crippen molar-refractivity contribution in [2.75, 3.05) is 11.4 Å². The van der Waals surface area contributed by atoms with Crippen LogP contribution >= 0.6 is 0 Å². The molecule has 0 saturated carbocycles. The number of amides is 1. The number of carbonyl (C=O) groups excluding carboxylic acids is 1. The van der Waals surface area contributed by atoms with Gasteiger partial charge in [-0.25, -0.2) is 4.39 Å². The third kappa shape index (κ3) is 2.54. The molecule has 3 rings (SSSR count). The number of fused-ring (bicyclic) bond motifs is 1. The van der Waals surface area contributed by atoms with Gasteiger partial charge in [-0.15, -0.1) is 0 Å². The Hall–Kier alpha value is -2.20. The summed E-state index contributed by atoms with van der Waals surface area (Å²) < 4.78 is 13.9. The van der Waals surface area contributed by atoms with Crippen molar-refractivity contribution in [2.45, 2.75) is 18.9 Å². The molecule has 1 N–H and O–H groups in total. The van der Waals surface area contributed by atoms with Crippen LogP contribution in [0.15, 0.2) is 48.5 Å². The lowest BCUT2D eigenvalue weighted by Crippen LogP contribution is -2.32. The molecule has 0 saturated heterocycles. The molecule has 0 fully saturated rings. The minimum atomic E-state index is -0.584. The number of halogens is 1. The lowest BCUT2D eigenvalue weighted by molar-refractivity contribution is 0.0982. The van der Waals surface area contributed by atoms with E-state index in [1.165, 1.54) is 12.1 Å². The molecule has 0 aliphatic carbocycles. The highest BCUT2D eigenvalue weighted by molar-refractivity contribution is 6.06. The van der Waals surface area contributed by atoms with Crippen LogP contribution in [0.4, 0.5) is 10.1 Å². The molecule has 21 heavy (non-hydrogen) atoms. The van der Waals surface area contributed by atoms with Crippen LogP contribution < -0.4 is 4.90 Å². The summed E-state index contributed by atoms with van der Waals surface area (Å²) in [6.07, 6.45) is 0.688. The van der Waals surface area contributed by atoms with Crippen LogP contribution in [0.3, 0.4) is 0 Å². The molecule has 0 spiro atoms. The van der Waals surface area contributed by atoms with Crippen LogP contribution in [-0.2, 0) is 0 Å². The molecular weight excluding hydrogens is 269 g/mol. The van der Waals surface area contributed by atoms with E-state index in [1.54, 1.807) is 23.1 Å². The zero-order valence-corrected chi connectivity index (χ0v) is 11.5. The zero-order valence-electron chi connectivity index (χ0n) is 11.5. The van der Waals surface area contributed by atoms with Gasteiger partial charge in [0.2, 0.25) is 0 Å². The predicted octanol–water partition coefficient (Wildman–Crippen LogP) is 3.30. The van der Waals surface area contributed by atoms with E-state index in [0.717, 1.165) is 5.56 Å². The van der Waals surface area contributed by atoms with Gasteiger partial charge in [0.15, 0.2) is 0 Å². The quantitative estimate of drug-likeness (QED) is 0.873. The van der Waals surface area contributed by atoms with Crippen LogP contribution in [0.5, 0.6) is 0 Å². The number of carbonyl (C=O) groups is 1. The van der Waals surface area contributed by atoms with E-state index in [2.05, 4.69) is 0 Å². The molecular formula is C17H16FNO2. The second kappa shape index (κ2) is 5.66. The summed E-state index contributed by atoms with van der Waals surface area (Å²) in [4.78, 5) is 14.2. The number of rotatable bonds is 1. The summed E-state index contributed by atoms with van der Waals surface area (Å²) in [5, 5.41) is 10.2. The molecule has 1 aliphatic rings. The molecule has 0 bridgehead atoms. The molecule has 4 heteroatoms. The van der Waals surface area contributed by atoms with E-state index in [9.17, 15) is 14.3 Å². The zero-order chi connectivity index (χ0) is 14.8. The third-order valence-electron chi connectivity index (χ3n) is 3.80. The smallest absolute Gasteiger partial charge is 0.261 e. The Kier molecular flexibility index (Phi) is 3.71. The first-order chi connectivity index (χ1) is 10.2. The fourth-order valence-corrected chi connectivity index (χ4v) is 2.72. The Morgan fingerprint density at radius 2 is 1.86 bits per heavy atom. The highest BCUT2D eigenvalue weighted by atomic mass is 19.1. The van der Waals surface area contributed by atoms with Gasteiger partial charge < -0.3 is 10.0 Å². The number of hydrogen-bond donors (Lipinski definition) is 1. The Bertz CT molecular complexity index is 671. The number of nitrogens with zero attached hydrogens (tertiary/aromatic N) is 1. The van der Waals surface area contributed by atoms with Gasteiger partial charge in [0.1, 0.15) is 5.82 Å². The highest BCUT2D eigenvalue weighted by Gasteiger charge is 2.26. The number of aliphatic hydroxyl groups is 1. The highest BCUT2D eigenvalue weighted by Crippen LogP contribution is 2.33. The van der Waals surface area contributed by atoms with Gasteiger partial charge in [-0.3, -0.25) is 4.79 Å². The topological polar surface area (TPSA) is 40.5 Å². The van der Waals surface area contributed by atoms with Crippen molar-refractivity contribution in [3.63, 3.8) is 0 Å². The van der Waals surface area contributed by atoms with Gasteiger partial charge >= 0.3 is 0 Å². The minimum Gasteiger partial charge on any atom is -0.388 e. The van der Waals surface area contributed by atoms with E-state index in [4.69, 9.17) is 0 Å². The summed E-state index contributed by atoms with van der Waals surface area (Å²) in [7, 11) is 0. The van der Waals surface area contributed by atoms with Gasteiger partial charge in [0.25, 0.3) is 5.91 Å². The lowest BCUT2D eigenvalue weighted by Gasteiger charge is -2.23. The predicted molar refractivity (Wildman–Crippen MR) is 78.7 cm³/mol. The van der Waals surface area contributed by atoms with E-state index in [-0.39, 0.29) is 11.5 Å². The Labute approximate surface area is 122 Å². The van der Waals surface area contributed by atoms with Crippen molar-refractivity contribution in [3.05, 3.63) is 65.5 Å². The molecule has 1 atom stereocenters. The average molecular weight is 285 g/mol. The first-order valence-corrected chi connectivity index (χ1v) is 7.02. The molecule has 108 valence electrons. The first-order valence-electron chi connectivity index (χ1n) is 7.02. The Balaban J connectivity index is 2.04. The molecule has 2 aromatic rings. The van der Waals surface area contributed by atoms with Crippen LogP contribution in [0.1, 0.15) is 34.9 Å². The number of para-hydroxylation sites is 1. The van der Waals surface area contributed by atoms with Crippen molar-refractivity contribution in [1.82, 2.24) is 0 Å². The van der Waals surface area contributed by atoms with E-state index < -0.39 is 11.9 Å². The molecule has 1 amide bonds. The number of aliphatic hydroxyl groups excluding tert-OH is 1. The van der Waals surface area contributed by atoms with Crippen molar-refractivity contribution < 1.29 is 14.3 Å². The van der Waals surface area contributed by atoms with Gasteiger partial charge in [0.05, 0.1) is 11.7 Å². The number of anilines is 1. The SMILES string of the molecule is O=C(c1ccccc1F)N1CCCC(O)c2ccccc21. The van der Waals surface area contributed by atoms with Gasteiger partial charge in [-0.1, -0.05) is 30.3 Å². The largest absolute Gasteiger partial charge is 0.388 e. The summed E-state index contributed by atoms with van der Waals surface area (Å²) in [5.41, 5.74) is 1.44. The molecule has 2 aromatic carbocycles. The second-order valence-electron chi connectivity index (χ2n) is 5.15. The van der Waals surface area contributed by atoms with Crippen LogP contribution in [-0.4, -0.2) is 17.6 Å². The normalized spacial score (nSPS) is 18.0. The molecule has 0 radical (unpaired) electrons. The van der Waals surface area contributed by atoms with Crippen LogP contribution in [0.25, 0.3) is 0 Å². The fraction of sp³-hybridized carbons (Fsp3) is 0.235. The Morgan fingerprint density at radius 3 is 2.67 bits per heavy atom. The number of hydrogen-bond acceptors (Lipinski definition) is 2. The standard InChI is InChI=1S/C17H16FNO2/c18-14-8-3-1-6-12(14)17(21)19-11-5-10-16(20)13-7-2-4-9-15(13)19/h1-4,6-9,16,20H,5,10-11H2. The lowest BCUT2D eigenvalue weighted by atomic mass is 10.0. The maximum atomic E-state index is 13.9. The van der Waals surface area contributed by atoms with Crippen LogP contribution in [0, 0.1) is 5.82 Å². The van der Waals surface area contributed by atoms with Crippen molar-refractivity contribution >= 4 is 11.6 Å². The van der Waals surface area contributed by atoms with E-state index in [0.29, 0.717) is 25.1 Å². The summed E-state index contributed by atoms with van der Waals surface area (Å²) in [6.45, 7) is 0.473. The van der Waals surface area contributed by atoms with Gasteiger partial charge in [0, 0.05) is 17.8 Å². The summed E-state index contributed by atoms with van der Waals surface area (Å²) in [5.74, 6) is -0.889. The molecule has 0 aromatic heterocycles. The molecule has 3 nitrogen and oxygen atoms in total. The second-order valence-corrected chi connectivity index (χ2v) is 5.15. The summed E-state index contributed by atoms with van der Waals surface area (Å²) >= 11 is 0. The van der Waals surface area contributed by atoms with Gasteiger partial charge in [-0.2, -0.15) is 0 Å². The molecule has 1 unspecified atom stereocenters. The van der Waals surface area contributed by atoms with Crippen molar-refractivity contribution in [3.8, 4) is 0 Å². The molecule has 1 heterocycles. The number of benzene rings is 2. The molecule has 1 aliphatic heterocycles. The third-order valence-corrected chi connectivity index (χ3v) is 3.80. The van der Waals surface area contributed by atoms with Crippen LogP contribution in [0.2, 0.25) is 0 Å². The fourth-order valence-electron chi connectivity index (χ4n) is 2.72. The minimum absolute atomic E-state index is 0.0590. The monoisotopic (exact) mass is 285 g/mol. The van der Waals surface area contributed by atoms with E-state index >= 15 is 0 Å². The first kappa shape index (κ1) is 13.8. The van der Waals surface area contributed by atoms with Crippen molar-refractivity contribution in [2.24, 2.45) is 0 Å². The Morgan fingerprint density at radius 1 is 1.14 bits per heavy atom. The maximum absolute atomic E-state index is 13.9. The summed E-state index contributed by atoms with van der Waals surface area (Å²) in [6, 6.07) is 13.2.